The highest BCUT2D eigenvalue weighted by atomic mass is 16.5. The van der Waals surface area contributed by atoms with Crippen molar-refractivity contribution in [2.75, 3.05) is 11.9 Å². The van der Waals surface area contributed by atoms with Gasteiger partial charge in [-0.05, 0) is 25.7 Å². The fourth-order valence-electron chi connectivity index (χ4n) is 3.17. The van der Waals surface area contributed by atoms with E-state index in [1.54, 1.807) is 19.3 Å². The van der Waals surface area contributed by atoms with Gasteiger partial charge in [-0.25, -0.2) is 4.79 Å². The van der Waals surface area contributed by atoms with Crippen LogP contribution < -0.4 is 10.6 Å². The zero-order chi connectivity index (χ0) is 19.9. The van der Waals surface area contributed by atoms with Gasteiger partial charge in [0.25, 0.3) is 5.91 Å². The molecular formula is C19H30N4O4. The summed E-state index contributed by atoms with van der Waals surface area (Å²) in [5.41, 5.74) is 0.0800. The molecule has 0 saturated heterocycles. The molecule has 1 saturated carbocycles. The summed E-state index contributed by atoms with van der Waals surface area (Å²) in [6.45, 7) is 4.43. The van der Waals surface area contributed by atoms with Crippen LogP contribution in [0.4, 0.5) is 10.6 Å². The van der Waals surface area contributed by atoms with Crippen LogP contribution in [0.5, 0.6) is 0 Å². The molecule has 0 radical (unpaired) electrons. The number of nitrogens with one attached hydrogen (secondary N) is 2. The normalized spacial score (nSPS) is 16.1. The first-order valence-corrected chi connectivity index (χ1v) is 9.67. The van der Waals surface area contributed by atoms with Crippen molar-refractivity contribution in [3.8, 4) is 0 Å². The molecule has 1 atom stereocenters. The monoisotopic (exact) mass is 378 g/mol. The van der Waals surface area contributed by atoms with Crippen LogP contribution in [0.15, 0.2) is 12.3 Å². The lowest BCUT2D eigenvalue weighted by Gasteiger charge is -2.40. The number of aromatic nitrogens is 2. The first-order chi connectivity index (χ1) is 12.9. The van der Waals surface area contributed by atoms with Crippen LogP contribution in [0.25, 0.3) is 0 Å². The van der Waals surface area contributed by atoms with E-state index in [0.29, 0.717) is 25.3 Å². The molecule has 0 bridgehead atoms. The van der Waals surface area contributed by atoms with E-state index in [9.17, 15) is 14.4 Å². The van der Waals surface area contributed by atoms with Gasteiger partial charge < -0.3 is 15.4 Å². The van der Waals surface area contributed by atoms with Crippen molar-refractivity contribution in [1.29, 1.82) is 0 Å². The molecule has 8 nitrogen and oxygen atoms in total. The Balaban J connectivity index is 1.90. The van der Waals surface area contributed by atoms with Gasteiger partial charge in [0.15, 0.2) is 5.82 Å². The number of hydrogen-bond acceptors (Lipinski definition) is 5. The molecule has 0 unspecified atom stereocenters. The molecule has 1 aromatic heterocycles. The summed E-state index contributed by atoms with van der Waals surface area (Å²) in [5.74, 6) is -1.19. The summed E-state index contributed by atoms with van der Waals surface area (Å²) in [6.07, 6.45) is 7.20. The summed E-state index contributed by atoms with van der Waals surface area (Å²) in [7, 11) is 1.71. The molecule has 0 aromatic carbocycles. The second-order valence-electron chi connectivity index (χ2n) is 7.32. The smallest absolute Gasteiger partial charge is 0.407 e. The minimum atomic E-state index is -0.903. The van der Waals surface area contributed by atoms with Crippen molar-refractivity contribution in [2.24, 2.45) is 12.5 Å². The number of Topliss-reactive ketones (excluding diaryl/α,β-unsaturated/α-hetero) is 1. The number of rotatable bonds is 10. The van der Waals surface area contributed by atoms with Crippen molar-refractivity contribution in [3.63, 3.8) is 0 Å². The van der Waals surface area contributed by atoms with E-state index in [0.717, 1.165) is 32.1 Å². The number of nitrogens with zero attached hydrogens (tertiary/aromatic N) is 2. The fraction of sp³-hybridized carbons (Fsp3) is 0.684. The third kappa shape index (κ3) is 5.80. The van der Waals surface area contributed by atoms with Gasteiger partial charge in [0, 0.05) is 24.7 Å². The third-order valence-corrected chi connectivity index (χ3v) is 5.31. The van der Waals surface area contributed by atoms with Crippen molar-refractivity contribution < 1.29 is 19.1 Å². The molecular weight excluding hydrogens is 348 g/mol. The number of hydrogen-bond donors (Lipinski definition) is 2. The Morgan fingerprint density at radius 1 is 1.33 bits per heavy atom. The molecule has 1 aliphatic carbocycles. The minimum absolute atomic E-state index is 0.0800. The Hall–Kier alpha value is -2.38. The van der Waals surface area contributed by atoms with Crippen LogP contribution in [0.1, 0.15) is 58.8 Å². The highest BCUT2D eigenvalue weighted by molar-refractivity contribution is 6.42. The maximum absolute atomic E-state index is 12.5. The quantitative estimate of drug-likeness (QED) is 0.610. The maximum atomic E-state index is 12.5. The second kappa shape index (κ2) is 9.53. The van der Waals surface area contributed by atoms with E-state index < -0.39 is 23.8 Å². The Bertz CT molecular complexity index is 661. The number of ether oxygens (including phenoxy) is 1. The van der Waals surface area contributed by atoms with Crippen molar-refractivity contribution in [1.82, 2.24) is 15.1 Å². The fourth-order valence-corrected chi connectivity index (χ4v) is 3.17. The summed E-state index contributed by atoms with van der Waals surface area (Å²) in [4.78, 5) is 36.9. The Labute approximate surface area is 160 Å². The van der Waals surface area contributed by atoms with Crippen molar-refractivity contribution >= 4 is 23.6 Å². The van der Waals surface area contributed by atoms with Gasteiger partial charge >= 0.3 is 6.09 Å². The lowest BCUT2D eigenvalue weighted by molar-refractivity contribution is -0.136. The number of amides is 2. The van der Waals surface area contributed by atoms with Crippen molar-refractivity contribution in [2.45, 2.75) is 64.8 Å². The highest BCUT2D eigenvalue weighted by Crippen LogP contribution is 2.43. The van der Waals surface area contributed by atoms with Gasteiger partial charge in [-0.3, -0.25) is 14.3 Å². The van der Waals surface area contributed by atoms with E-state index in [1.165, 1.54) is 4.68 Å². The van der Waals surface area contributed by atoms with Crippen LogP contribution in [-0.2, 0) is 21.4 Å². The van der Waals surface area contributed by atoms with E-state index in [4.69, 9.17) is 4.74 Å². The summed E-state index contributed by atoms with van der Waals surface area (Å²) in [6, 6.07) is 0.691. The van der Waals surface area contributed by atoms with E-state index in [-0.39, 0.29) is 5.41 Å². The average Bonchev–Trinajstić information content (AvgIpc) is 3.02. The van der Waals surface area contributed by atoms with Crippen LogP contribution in [0.3, 0.4) is 0 Å². The number of carbonyl (C=O) groups is 3. The predicted molar refractivity (Wildman–Crippen MR) is 101 cm³/mol. The Kier molecular flexibility index (Phi) is 7.38. The number of carbonyl (C=O) groups excluding carboxylic acids is 3. The number of aryl methyl sites for hydroxylation is 1. The first kappa shape index (κ1) is 20.9. The number of anilines is 1. The van der Waals surface area contributed by atoms with Crippen LogP contribution in [-0.4, -0.2) is 40.2 Å². The van der Waals surface area contributed by atoms with Gasteiger partial charge in [0.05, 0.1) is 6.61 Å². The molecule has 1 aromatic rings. The van der Waals surface area contributed by atoms with E-state index >= 15 is 0 Å². The lowest BCUT2D eigenvalue weighted by Crippen LogP contribution is -2.47. The van der Waals surface area contributed by atoms with E-state index in [2.05, 4.69) is 22.7 Å². The standard InChI is InChI=1S/C19H30N4O4/c1-4-6-8-14(16(24)17(25)21-15-9-12-23(3)22-15)20-18(26)27-13-19(5-2)10-7-11-19/h9,12,14H,4-8,10-11,13H2,1-3H3,(H,20,26)(H,21,22,25)/t14-/m0/s1. The van der Waals surface area contributed by atoms with Gasteiger partial charge in [-0.15, -0.1) is 0 Å². The molecule has 2 rings (SSSR count). The second-order valence-corrected chi connectivity index (χ2v) is 7.32. The molecule has 8 heteroatoms. The lowest BCUT2D eigenvalue weighted by atomic mass is 9.68. The first-order valence-electron chi connectivity index (χ1n) is 9.67. The molecule has 150 valence electrons. The van der Waals surface area contributed by atoms with Crippen LogP contribution in [0, 0.1) is 5.41 Å². The van der Waals surface area contributed by atoms with Crippen LogP contribution >= 0.6 is 0 Å². The van der Waals surface area contributed by atoms with Gasteiger partial charge in [0.2, 0.25) is 5.78 Å². The van der Waals surface area contributed by atoms with Gasteiger partial charge in [-0.2, -0.15) is 5.10 Å². The molecule has 0 spiro atoms. The number of unbranched alkanes of at least 4 members (excludes halogenated alkanes) is 1. The van der Waals surface area contributed by atoms with Gasteiger partial charge in [0.1, 0.15) is 6.04 Å². The highest BCUT2D eigenvalue weighted by Gasteiger charge is 2.37. The zero-order valence-electron chi connectivity index (χ0n) is 16.4. The van der Waals surface area contributed by atoms with Gasteiger partial charge in [-0.1, -0.05) is 33.1 Å². The molecule has 27 heavy (non-hydrogen) atoms. The number of alkyl carbamates (subject to hydrolysis) is 1. The molecule has 1 fully saturated rings. The van der Waals surface area contributed by atoms with Crippen molar-refractivity contribution in [3.05, 3.63) is 12.3 Å². The Morgan fingerprint density at radius 3 is 2.59 bits per heavy atom. The van der Waals surface area contributed by atoms with Crippen LogP contribution in [0.2, 0.25) is 0 Å². The molecule has 0 aliphatic heterocycles. The summed E-state index contributed by atoms with van der Waals surface area (Å²) < 4.78 is 6.87. The Morgan fingerprint density at radius 2 is 2.07 bits per heavy atom. The topological polar surface area (TPSA) is 102 Å². The SMILES string of the molecule is CCCC[C@H](NC(=O)OCC1(CC)CCC1)C(=O)C(=O)Nc1ccn(C)n1. The third-order valence-electron chi connectivity index (χ3n) is 5.31. The predicted octanol–water partition coefficient (Wildman–Crippen LogP) is 2.79. The maximum Gasteiger partial charge on any atom is 0.407 e. The minimum Gasteiger partial charge on any atom is -0.449 e. The van der Waals surface area contributed by atoms with E-state index in [1.807, 2.05) is 6.92 Å². The molecule has 2 amide bonds. The number of ketones is 1. The summed E-state index contributed by atoms with van der Waals surface area (Å²) in [5, 5.41) is 9.05. The molecule has 1 heterocycles. The molecule has 2 N–H and O–H groups in total. The molecule has 1 aliphatic rings. The zero-order valence-corrected chi connectivity index (χ0v) is 16.4. The summed E-state index contributed by atoms with van der Waals surface area (Å²) >= 11 is 0. The average molecular weight is 378 g/mol. The largest absolute Gasteiger partial charge is 0.449 e.